The van der Waals surface area contributed by atoms with E-state index in [0.29, 0.717) is 24.6 Å². The van der Waals surface area contributed by atoms with Gasteiger partial charge in [-0.25, -0.2) is 14.4 Å². The number of hydrogen-bond donors (Lipinski definition) is 1. The molecular weight excluding hydrogens is 271 g/mol. The fourth-order valence-corrected chi connectivity index (χ4v) is 1.92. The van der Waals surface area contributed by atoms with Crippen LogP contribution in [0.2, 0.25) is 0 Å². The molecule has 110 valence electrons. The second-order valence-corrected chi connectivity index (χ2v) is 4.37. The van der Waals surface area contributed by atoms with Crippen LogP contribution in [-0.2, 0) is 0 Å². The van der Waals surface area contributed by atoms with Crippen LogP contribution in [0.25, 0.3) is 0 Å². The number of carbonyl (C=O) groups is 1. The Labute approximate surface area is 122 Å². The summed E-state index contributed by atoms with van der Waals surface area (Å²) in [5, 5.41) is 2.85. The zero-order chi connectivity index (χ0) is 15.2. The number of aromatic nitrogens is 2. The van der Waals surface area contributed by atoms with Gasteiger partial charge < -0.3 is 10.2 Å². The average molecular weight is 288 g/mol. The van der Waals surface area contributed by atoms with E-state index < -0.39 is 0 Å². The molecule has 0 saturated carbocycles. The topological polar surface area (TPSA) is 58.1 Å². The number of amides is 1. The van der Waals surface area contributed by atoms with E-state index in [1.165, 1.54) is 18.5 Å². The van der Waals surface area contributed by atoms with Gasteiger partial charge in [-0.15, -0.1) is 0 Å². The number of halogens is 1. The highest BCUT2D eigenvalue weighted by molar-refractivity contribution is 5.93. The molecule has 1 N–H and O–H groups in total. The number of para-hydroxylation sites is 1. The van der Waals surface area contributed by atoms with Crippen LogP contribution in [0.3, 0.4) is 0 Å². The molecule has 1 heterocycles. The number of anilines is 2. The summed E-state index contributed by atoms with van der Waals surface area (Å²) >= 11 is 0. The molecule has 1 amide bonds. The van der Waals surface area contributed by atoms with Gasteiger partial charge in [0.25, 0.3) is 5.91 Å². The van der Waals surface area contributed by atoms with Gasteiger partial charge >= 0.3 is 0 Å². The van der Waals surface area contributed by atoms with E-state index in [9.17, 15) is 9.18 Å². The van der Waals surface area contributed by atoms with Crippen LogP contribution in [0.15, 0.2) is 36.7 Å². The molecule has 2 rings (SSSR count). The fraction of sp³-hybridized carbons (Fsp3) is 0.267. The van der Waals surface area contributed by atoms with Crippen LogP contribution in [0.5, 0.6) is 0 Å². The van der Waals surface area contributed by atoms with Crippen LogP contribution in [0.4, 0.5) is 15.9 Å². The molecule has 21 heavy (non-hydrogen) atoms. The first-order chi connectivity index (χ1) is 10.2. The van der Waals surface area contributed by atoms with Crippen molar-refractivity contribution in [3.05, 3.63) is 48.2 Å². The molecule has 1 aromatic carbocycles. The summed E-state index contributed by atoms with van der Waals surface area (Å²) in [5.74, 6) is -0.169. The first-order valence-electron chi connectivity index (χ1n) is 6.78. The first-order valence-corrected chi connectivity index (χ1v) is 6.78. The number of rotatable bonds is 5. The number of nitrogens with zero attached hydrogens (tertiary/aromatic N) is 3. The fourth-order valence-electron chi connectivity index (χ4n) is 1.92. The smallest absolute Gasteiger partial charge is 0.272 e. The molecule has 0 bridgehead atoms. The van der Waals surface area contributed by atoms with Crippen molar-refractivity contribution in [1.29, 1.82) is 0 Å². The predicted molar refractivity (Wildman–Crippen MR) is 79.0 cm³/mol. The van der Waals surface area contributed by atoms with Gasteiger partial charge in [-0.05, 0) is 26.0 Å². The second kappa shape index (κ2) is 6.78. The molecule has 0 atom stereocenters. The van der Waals surface area contributed by atoms with E-state index in [1.54, 1.807) is 23.1 Å². The van der Waals surface area contributed by atoms with Crippen molar-refractivity contribution in [3.63, 3.8) is 0 Å². The highest BCUT2D eigenvalue weighted by Crippen LogP contribution is 2.18. The summed E-state index contributed by atoms with van der Waals surface area (Å²) in [4.78, 5) is 21.9. The predicted octanol–water partition coefficient (Wildman–Crippen LogP) is 2.84. The number of carbonyl (C=O) groups excluding carboxylic acids is 1. The van der Waals surface area contributed by atoms with Crippen LogP contribution in [0.1, 0.15) is 24.3 Å². The molecule has 0 spiro atoms. The molecular formula is C15H17FN4O. The average Bonchev–Trinajstić information content (AvgIpc) is 2.51. The maximum Gasteiger partial charge on any atom is 0.272 e. The maximum absolute atomic E-state index is 13.6. The molecule has 0 aliphatic carbocycles. The highest BCUT2D eigenvalue weighted by Gasteiger charge is 2.15. The Morgan fingerprint density at radius 1 is 1.24 bits per heavy atom. The molecule has 5 nitrogen and oxygen atoms in total. The van der Waals surface area contributed by atoms with E-state index in [2.05, 4.69) is 15.3 Å². The van der Waals surface area contributed by atoms with Gasteiger partial charge in [0.15, 0.2) is 0 Å². The van der Waals surface area contributed by atoms with E-state index in [0.717, 1.165) is 0 Å². The minimum absolute atomic E-state index is 0.168. The Kier molecular flexibility index (Phi) is 4.81. The van der Waals surface area contributed by atoms with E-state index in [-0.39, 0.29) is 17.4 Å². The lowest BCUT2D eigenvalue weighted by molar-refractivity contribution is 0.0767. The van der Waals surface area contributed by atoms with Gasteiger partial charge in [-0.3, -0.25) is 4.79 Å². The molecule has 2 aromatic rings. The maximum atomic E-state index is 13.6. The first kappa shape index (κ1) is 14.9. The molecule has 6 heteroatoms. The molecule has 0 aliphatic heterocycles. The van der Waals surface area contributed by atoms with Gasteiger partial charge in [0.05, 0.1) is 5.69 Å². The Balaban J connectivity index is 2.22. The van der Waals surface area contributed by atoms with Crippen molar-refractivity contribution in [3.8, 4) is 0 Å². The number of hydrogen-bond acceptors (Lipinski definition) is 4. The zero-order valence-electron chi connectivity index (χ0n) is 12.0. The van der Waals surface area contributed by atoms with Crippen LogP contribution < -0.4 is 5.32 Å². The zero-order valence-corrected chi connectivity index (χ0v) is 12.0. The van der Waals surface area contributed by atoms with Gasteiger partial charge in [-0.2, -0.15) is 0 Å². The van der Waals surface area contributed by atoms with Crippen molar-refractivity contribution < 1.29 is 9.18 Å². The molecule has 1 aromatic heterocycles. The van der Waals surface area contributed by atoms with Crippen molar-refractivity contribution >= 4 is 17.4 Å². The third kappa shape index (κ3) is 3.53. The monoisotopic (exact) mass is 288 g/mol. The molecule has 0 unspecified atom stereocenters. The lowest BCUT2D eigenvalue weighted by Gasteiger charge is -2.18. The van der Waals surface area contributed by atoms with Crippen LogP contribution in [-0.4, -0.2) is 33.9 Å². The molecule has 0 saturated heterocycles. The van der Waals surface area contributed by atoms with Gasteiger partial charge in [0.2, 0.25) is 0 Å². The largest absolute Gasteiger partial charge is 0.338 e. The third-order valence-corrected chi connectivity index (χ3v) is 3.07. The minimum atomic E-state index is -0.382. The Morgan fingerprint density at radius 2 is 1.95 bits per heavy atom. The lowest BCUT2D eigenvalue weighted by Crippen LogP contribution is -2.31. The van der Waals surface area contributed by atoms with Crippen LogP contribution >= 0.6 is 0 Å². The van der Waals surface area contributed by atoms with Crippen molar-refractivity contribution in [2.75, 3.05) is 18.4 Å². The quantitative estimate of drug-likeness (QED) is 0.919. The lowest BCUT2D eigenvalue weighted by atomic mass is 10.3. The Morgan fingerprint density at radius 3 is 2.62 bits per heavy atom. The van der Waals surface area contributed by atoms with Gasteiger partial charge in [0, 0.05) is 19.2 Å². The summed E-state index contributed by atoms with van der Waals surface area (Å²) < 4.78 is 13.6. The second-order valence-electron chi connectivity index (χ2n) is 4.37. The van der Waals surface area contributed by atoms with E-state index in [4.69, 9.17) is 0 Å². The summed E-state index contributed by atoms with van der Waals surface area (Å²) in [5.41, 5.74) is 0.588. The summed E-state index contributed by atoms with van der Waals surface area (Å²) in [6, 6.07) is 7.80. The van der Waals surface area contributed by atoms with E-state index in [1.807, 2.05) is 13.8 Å². The summed E-state index contributed by atoms with van der Waals surface area (Å²) in [7, 11) is 0. The Hall–Kier alpha value is -2.50. The molecule has 0 radical (unpaired) electrons. The Bertz CT molecular complexity index is 629. The van der Waals surface area contributed by atoms with Crippen molar-refractivity contribution in [1.82, 2.24) is 14.9 Å². The van der Waals surface area contributed by atoms with Crippen LogP contribution in [0, 0.1) is 5.82 Å². The third-order valence-electron chi connectivity index (χ3n) is 3.07. The molecule has 0 aliphatic rings. The SMILES string of the molecule is CCN(CC)C(=O)c1cc(Nc2ccccc2F)ncn1. The van der Waals surface area contributed by atoms with Gasteiger partial charge in [-0.1, -0.05) is 12.1 Å². The normalized spacial score (nSPS) is 10.2. The highest BCUT2D eigenvalue weighted by atomic mass is 19.1. The number of benzene rings is 1. The van der Waals surface area contributed by atoms with Gasteiger partial charge in [0.1, 0.15) is 23.7 Å². The summed E-state index contributed by atoms with van der Waals surface area (Å²) in [6.07, 6.45) is 1.29. The minimum Gasteiger partial charge on any atom is -0.338 e. The number of nitrogens with one attached hydrogen (secondary N) is 1. The van der Waals surface area contributed by atoms with E-state index >= 15 is 0 Å². The molecule has 0 fully saturated rings. The summed E-state index contributed by atoms with van der Waals surface area (Å²) in [6.45, 7) is 5.02. The standard InChI is InChI=1S/C15H17FN4O/c1-3-20(4-2)15(21)13-9-14(18-10-17-13)19-12-8-6-5-7-11(12)16/h5-10H,3-4H2,1-2H3,(H,17,18,19). The van der Waals surface area contributed by atoms with Crippen molar-refractivity contribution in [2.24, 2.45) is 0 Å². The van der Waals surface area contributed by atoms with Crippen molar-refractivity contribution in [2.45, 2.75) is 13.8 Å².